The van der Waals surface area contributed by atoms with Crippen LogP contribution in [0.15, 0.2) is 48.9 Å². The highest BCUT2D eigenvalue weighted by Gasteiger charge is 2.45. The number of benzene rings is 1. The van der Waals surface area contributed by atoms with E-state index in [4.69, 9.17) is 33.9 Å². The number of nitrogens with zero attached hydrogens (tertiary/aromatic N) is 3. The Bertz CT molecular complexity index is 1110. The molecule has 2 aliphatic heterocycles. The van der Waals surface area contributed by atoms with E-state index in [0.29, 0.717) is 15.5 Å². The zero-order chi connectivity index (χ0) is 23.0. The van der Waals surface area contributed by atoms with Crippen molar-refractivity contribution in [1.82, 2.24) is 15.3 Å². The fourth-order valence-electron chi connectivity index (χ4n) is 5.21. The first-order valence-corrected chi connectivity index (χ1v) is 12.2. The van der Waals surface area contributed by atoms with E-state index in [1.165, 1.54) is 12.0 Å². The van der Waals surface area contributed by atoms with Gasteiger partial charge >= 0.3 is 0 Å². The Morgan fingerprint density at radius 1 is 1.09 bits per heavy atom. The standard InChI is InChI=1S/C26H29Cl2N5/c1-17(25-21(27)12-31-13-22(25)28)8-18-2-4-23(29)20(9-18)10-19-3-5-24(32-11-19)33-15-26(16-33)6-7-30-14-26/h2-5,9,11-13,17,30H,6-8,10,14-16,29H2,1H3/t17-/m0/s1. The Morgan fingerprint density at radius 2 is 1.85 bits per heavy atom. The molecule has 172 valence electrons. The van der Waals surface area contributed by atoms with E-state index >= 15 is 0 Å². The monoisotopic (exact) mass is 481 g/mol. The summed E-state index contributed by atoms with van der Waals surface area (Å²) in [5, 5.41) is 4.70. The predicted octanol–water partition coefficient (Wildman–Crippen LogP) is 5.10. The van der Waals surface area contributed by atoms with Gasteiger partial charge in [0.15, 0.2) is 0 Å². The molecule has 2 fully saturated rings. The summed E-state index contributed by atoms with van der Waals surface area (Å²) in [6.45, 7) is 6.61. The molecule has 0 saturated carbocycles. The minimum atomic E-state index is 0.167. The van der Waals surface area contributed by atoms with Gasteiger partial charge in [-0.25, -0.2) is 4.98 Å². The Balaban J connectivity index is 1.26. The molecule has 33 heavy (non-hydrogen) atoms. The molecule has 2 aromatic heterocycles. The minimum Gasteiger partial charge on any atom is -0.398 e. The fourth-order valence-corrected chi connectivity index (χ4v) is 5.94. The van der Waals surface area contributed by atoms with Crippen LogP contribution in [0.3, 0.4) is 0 Å². The Kier molecular flexibility index (Phi) is 6.21. The van der Waals surface area contributed by atoms with Crippen molar-refractivity contribution in [1.29, 1.82) is 0 Å². The van der Waals surface area contributed by atoms with E-state index < -0.39 is 0 Å². The number of rotatable bonds is 6. The number of nitrogens with two attached hydrogens (primary N) is 1. The molecule has 1 spiro atoms. The van der Waals surface area contributed by atoms with Gasteiger partial charge in [-0.15, -0.1) is 0 Å². The van der Waals surface area contributed by atoms with E-state index in [1.807, 2.05) is 12.3 Å². The highest BCUT2D eigenvalue weighted by atomic mass is 35.5. The largest absolute Gasteiger partial charge is 0.398 e. The second-order valence-corrected chi connectivity index (χ2v) is 10.5. The maximum Gasteiger partial charge on any atom is 0.128 e. The van der Waals surface area contributed by atoms with Crippen molar-refractivity contribution >= 4 is 34.7 Å². The van der Waals surface area contributed by atoms with Crippen LogP contribution in [0.25, 0.3) is 0 Å². The molecule has 1 aromatic carbocycles. The molecule has 5 nitrogen and oxygen atoms in total. The topological polar surface area (TPSA) is 67.1 Å². The van der Waals surface area contributed by atoms with Crippen molar-refractivity contribution in [3.63, 3.8) is 0 Å². The number of nitrogen functional groups attached to an aromatic ring is 1. The van der Waals surface area contributed by atoms with Crippen LogP contribution >= 0.6 is 23.2 Å². The zero-order valence-electron chi connectivity index (χ0n) is 18.8. The molecule has 3 N–H and O–H groups in total. The first-order chi connectivity index (χ1) is 15.9. The van der Waals surface area contributed by atoms with Gasteiger partial charge in [-0.05, 0) is 59.7 Å². The molecule has 0 bridgehead atoms. The zero-order valence-corrected chi connectivity index (χ0v) is 20.3. The summed E-state index contributed by atoms with van der Waals surface area (Å²) < 4.78 is 0. The predicted molar refractivity (Wildman–Crippen MR) is 136 cm³/mol. The van der Waals surface area contributed by atoms with Crippen molar-refractivity contribution in [2.24, 2.45) is 5.41 Å². The van der Waals surface area contributed by atoms with Gasteiger partial charge in [0.05, 0.1) is 10.0 Å². The van der Waals surface area contributed by atoms with Gasteiger partial charge in [-0.1, -0.05) is 48.3 Å². The fraction of sp³-hybridized carbons (Fsp3) is 0.385. The molecule has 5 rings (SSSR count). The Hall–Kier alpha value is -2.34. The molecule has 0 radical (unpaired) electrons. The number of halogens is 2. The van der Waals surface area contributed by atoms with Crippen molar-refractivity contribution in [3.05, 3.63) is 81.2 Å². The summed E-state index contributed by atoms with van der Waals surface area (Å²) in [4.78, 5) is 11.2. The maximum atomic E-state index is 6.36. The summed E-state index contributed by atoms with van der Waals surface area (Å²) >= 11 is 12.7. The van der Waals surface area contributed by atoms with Crippen LogP contribution in [-0.4, -0.2) is 36.1 Å². The molecule has 7 heteroatoms. The lowest BCUT2D eigenvalue weighted by molar-refractivity contribution is 0.241. The normalized spacial score (nSPS) is 17.8. The molecule has 1 atom stereocenters. The average molecular weight is 482 g/mol. The number of hydrogen-bond acceptors (Lipinski definition) is 5. The van der Waals surface area contributed by atoms with Crippen LogP contribution in [0.1, 0.15) is 41.5 Å². The highest BCUT2D eigenvalue weighted by molar-refractivity contribution is 6.35. The Morgan fingerprint density at radius 3 is 2.52 bits per heavy atom. The van der Waals surface area contributed by atoms with E-state index in [0.717, 1.165) is 67.2 Å². The van der Waals surface area contributed by atoms with Crippen LogP contribution in [-0.2, 0) is 12.8 Å². The number of aromatic nitrogens is 2. The summed E-state index contributed by atoms with van der Waals surface area (Å²) in [6.07, 6.45) is 8.13. The van der Waals surface area contributed by atoms with Crippen LogP contribution in [0, 0.1) is 5.41 Å². The van der Waals surface area contributed by atoms with E-state index in [2.05, 4.69) is 46.4 Å². The second kappa shape index (κ2) is 9.13. The maximum absolute atomic E-state index is 6.36. The average Bonchev–Trinajstić information content (AvgIpc) is 3.26. The number of anilines is 2. The van der Waals surface area contributed by atoms with Crippen molar-refractivity contribution < 1.29 is 0 Å². The van der Waals surface area contributed by atoms with Gasteiger partial charge in [0, 0.05) is 55.7 Å². The van der Waals surface area contributed by atoms with Crippen LogP contribution in [0.5, 0.6) is 0 Å². The number of hydrogen-bond donors (Lipinski definition) is 2. The van der Waals surface area contributed by atoms with Gasteiger partial charge in [-0.3, -0.25) is 4.98 Å². The molecule has 3 aromatic rings. The third-order valence-electron chi connectivity index (χ3n) is 7.04. The van der Waals surface area contributed by atoms with E-state index in [1.54, 1.807) is 12.4 Å². The lowest BCUT2D eigenvalue weighted by Crippen LogP contribution is -2.57. The van der Waals surface area contributed by atoms with E-state index in [-0.39, 0.29) is 5.92 Å². The molecular formula is C26H29Cl2N5. The molecule has 0 unspecified atom stereocenters. The van der Waals surface area contributed by atoms with E-state index in [9.17, 15) is 0 Å². The number of nitrogens with one attached hydrogen (secondary N) is 1. The number of pyridine rings is 2. The smallest absolute Gasteiger partial charge is 0.128 e. The van der Waals surface area contributed by atoms with Gasteiger partial charge in [0.25, 0.3) is 0 Å². The molecule has 0 amide bonds. The third kappa shape index (κ3) is 4.68. The molecule has 4 heterocycles. The van der Waals surface area contributed by atoms with Gasteiger partial charge in [0.1, 0.15) is 5.82 Å². The lowest BCUT2D eigenvalue weighted by atomic mass is 9.79. The second-order valence-electron chi connectivity index (χ2n) is 9.64. The van der Waals surface area contributed by atoms with Crippen molar-refractivity contribution in [2.45, 2.75) is 32.1 Å². The lowest BCUT2D eigenvalue weighted by Gasteiger charge is -2.48. The first-order valence-electron chi connectivity index (χ1n) is 11.5. The van der Waals surface area contributed by atoms with Gasteiger partial charge in [-0.2, -0.15) is 0 Å². The summed E-state index contributed by atoms with van der Waals surface area (Å²) in [7, 11) is 0. The van der Waals surface area contributed by atoms with Gasteiger partial charge < -0.3 is 16.0 Å². The van der Waals surface area contributed by atoms with Gasteiger partial charge in [0.2, 0.25) is 0 Å². The van der Waals surface area contributed by atoms with Crippen LogP contribution < -0.4 is 16.0 Å². The molecule has 2 aliphatic rings. The molecule has 2 saturated heterocycles. The minimum absolute atomic E-state index is 0.167. The molecule has 0 aliphatic carbocycles. The SMILES string of the molecule is C[C@@H](Cc1ccc(N)c(Cc2ccc(N3CC4(CCNC4)C3)nc2)c1)c1c(Cl)cncc1Cl. The van der Waals surface area contributed by atoms with Crippen LogP contribution in [0.2, 0.25) is 10.0 Å². The first kappa shape index (κ1) is 22.5. The van der Waals surface area contributed by atoms with Crippen LogP contribution in [0.4, 0.5) is 11.5 Å². The highest BCUT2D eigenvalue weighted by Crippen LogP contribution is 2.38. The third-order valence-corrected chi connectivity index (χ3v) is 7.65. The molecular weight excluding hydrogens is 453 g/mol. The van der Waals surface area contributed by atoms with Crippen molar-refractivity contribution in [2.75, 3.05) is 36.8 Å². The quantitative estimate of drug-likeness (QED) is 0.479. The summed E-state index contributed by atoms with van der Waals surface area (Å²) in [6, 6.07) is 10.6. The van der Waals surface area contributed by atoms with Crippen molar-refractivity contribution in [3.8, 4) is 0 Å². The summed E-state index contributed by atoms with van der Waals surface area (Å²) in [5.41, 5.74) is 12.0. The Labute approximate surface area is 205 Å². The summed E-state index contributed by atoms with van der Waals surface area (Å²) in [5.74, 6) is 1.23.